The number of ketones is 1. The average molecular weight is 314 g/mol. The Balaban J connectivity index is 1.92. The molecule has 1 aromatic heterocycles. The summed E-state index contributed by atoms with van der Waals surface area (Å²) in [7, 11) is 0. The molecule has 1 aromatic carbocycles. The minimum atomic E-state index is -0.686. The number of amides is 1. The van der Waals surface area contributed by atoms with Gasteiger partial charge in [0.25, 0.3) is 0 Å². The van der Waals surface area contributed by atoms with Crippen molar-refractivity contribution in [3.63, 3.8) is 0 Å². The molecule has 1 N–H and O–H groups in total. The van der Waals surface area contributed by atoms with E-state index in [1.54, 1.807) is 12.1 Å². The Bertz CT molecular complexity index is 723. The Morgan fingerprint density at radius 3 is 2.22 bits per heavy atom. The molecule has 0 aliphatic heterocycles. The van der Waals surface area contributed by atoms with E-state index in [9.17, 15) is 19.6 Å². The number of carbonyl (C=O) groups is 3. The summed E-state index contributed by atoms with van der Waals surface area (Å²) in [5.41, 5.74) is 1.12. The molecule has 0 saturated heterocycles. The molecular formula is C16H14N2O5. The van der Waals surface area contributed by atoms with Gasteiger partial charge in [-0.15, -0.1) is 0 Å². The van der Waals surface area contributed by atoms with Crippen LogP contribution in [0.5, 0.6) is 0 Å². The molecule has 0 bridgehead atoms. The van der Waals surface area contributed by atoms with Gasteiger partial charge in [-0.1, -0.05) is 0 Å². The van der Waals surface area contributed by atoms with Crippen LogP contribution in [-0.4, -0.2) is 24.3 Å². The monoisotopic (exact) mass is 314 g/mol. The highest BCUT2D eigenvalue weighted by atomic mass is 16.5. The second kappa shape index (κ2) is 7.17. The summed E-state index contributed by atoms with van der Waals surface area (Å²) in [6.45, 7) is 0.973. The van der Waals surface area contributed by atoms with Gasteiger partial charge in [0.15, 0.2) is 24.8 Å². The first-order chi connectivity index (χ1) is 11.0. The first kappa shape index (κ1) is 16.2. The summed E-state index contributed by atoms with van der Waals surface area (Å²) in [5, 5.41) is 13.5. The largest absolute Gasteiger partial charge is 0.619 e. The molecule has 7 nitrogen and oxygen atoms in total. The fourth-order valence-electron chi connectivity index (χ4n) is 1.79. The number of esters is 1. The Morgan fingerprint density at radius 2 is 1.65 bits per heavy atom. The van der Waals surface area contributed by atoms with Crippen LogP contribution in [0.4, 0.5) is 5.69 Å². The number of rotatable bonds is 5. The molecule has 0 fully saturated rings. The maximum Gasteiger partial charge on any atom is 0.339 e. The van der Waals surface area contributed by atoms with E-state index in [0.29, 0.717) is 16.0 Å². The number of benzene rings is 1. The lowest BCUT2D eigenvalue weighted by atomic mass is 10.1. The van der Waals surface area contributed by atoms with Crippen molar-refractivity contribution in [1.29, 1.82) is 0 Å². The Hall–Kier alpha value is -3.22. The van der Waals surface area contributed by atoms with Crippen LogP contribution in [0.15, 0.2) is 48.8 Å². The zero-order valence-electron chi connectivity index (χ0n) is 12.3. The van der Waals surface area contributed by atoms with E-state index < -0.39 is 12.6 Å². The number of nitrogens with zero attached hydrogens (tertiary/aromatic N) is 1. The highest BCUT2D eigenvalue weighted by Gasteiger charge is 2.12. The molecule has 0 spiro atoms. The second-order valence-electron chi connectivity index (χ2n) is 4.70. The van der Waals surface area contributed by atoms with Crippen molar-refractivity contribution in [3.8, 4) is 0 Å². The third-order valence-electron chi connectivity index (χ3n) is 2.90. The predicted molar refractivity (Wildman–Crippen MR) is 80.8 cm³/mol. The summed E-state index contributed by atoms with van der Waals surface area (Å²) < 4.78 is 5.45. The van der Waals surface area contributed by atoms with Gasteiger partial charge in [0.1, 0.15) is 0 Å². The van der Waals surface area contributed by atoms with Crippen molar-refractivity contribution in [3.05, 3.63) is 65.1 Å². The van der Waals surface area contributed by atoms with Crippen LogP contribution in [0, 0.1) is 5.21 Å². The van der Waals surface area contributed by atoms with Crippen LogP contribution >= 0.6 is 0 Å². The van der Waals surface area contributed by atoms with Crippen LogP contribution in [0.3, 0.4) is 0 Å². The summed E-state index contributed by atoms with van der Waals surface area (Å²) in [6.07, 6.45) is 2.33. The number of Topliss-reactive ketones (excluding diaryl/α,β-unsaturated/α-hetero) is 1. The van der Waals surface area contributed by atoms with Crippen molar-refractivity contribution in [1.82, 2.24) is 0 Å². The molecule has 0 aliphatic rings. The van der Waals surface area contributed by atoms with E-state index >= 15 is 0 Å². The number of pyridine rings is 1. The highest BCUT2D eigenvalue weighted by Crippen LogP contribution is 2.10. The van der Waals surface area contributed by atoms with Gasteiger partial charge < -0.3 is 15.3 Å². The van der Waals surface area contributed by atoms with Gasteiger partial charge in [-0.2, -0.15) is 4.73 Å². The molecular weight excluding hydrogens is 300 g/mol. The standard InChI is InChI=1S/C16H14N2O5/c1-11(19)17-14-4-2-12(3-5-14)15(20)10-23-16(21)13-6-8-18(22)9-7-13/h2-9H,10H2,1H3,(H,17,19). The molecule has 7 heteroatoms. The van der Waals surface area contributed by atoms with Gasteiger partial charge in [0.05, 0.1) is 5.56 Å². The number of hydrogen-bond acceptors (Lipinski definition) is 5. The number of nitrogens with one attached hydrogen (secondary N) is 1. The van der Waals surface area contributed by atoms with Crippen LogP contribution in [0.1, 0.15) is 27.6 Å². The number of carbonyl (C=O) groups excluding carboxylic acids is 3. The van der Waals surface area contributed by atoms with E-state index in [4.69, 9.17) is 4.74 Å². The fraction of sp³-hybridized carbons (Fsp3) is 0.125. The second-order valence-corrected chi connectivity index (χ2v) is 4.70. The third-order valence-corrected chi connectivity index (χ3v) is 2.90. The van der Waals surface area contributed by atoms with Crippen molar-refractivity contribution >= 4 is 23.3 Å². The van der Waals surface area contributed by atoms with Gasteiger partial charge in [0.2, 0.25) is 5.91 Å². The van der Waals surface area contributed by atoms with E-state index in [1.807, 2.05) is 0 Å². The minimum absolute atomic E-state index is 0.186. The van der Waals surface area contributed by atoms with E-state index in [-0.39, 0.29) is 17.3 Å². The molecule has 0 radical (unpaired) electrons. The molecule has 2 rings (SSSR count). The average Bonchev–Trinajstić information content (AvgIpc) is 2.53. The quantitative estimate of drug-likeness (QED) is 0.388. The van der Waals surface area contributed by atoms with Crippen molar-refractivity contribution in [2.24, 2.45) is 0 Å². The summed E-state index contributed by atoms with van der Waals surface area (Å²) in [4.78, 5) is 34.6. The highest BCUT2D eigenvalue weighted by molar-refractivity contribution is 5.99. The van der Waals surface area contributed by atoms with E-state index in [0.717, 1.165) is 0 Å². The lowest BCUT2D eigenvalue weighted by molar-refractivity contribution is -0.605. The first-order valence-corrected chi connectivity index (χ1v) is 6.72. The summed E-state index contributed by atoms with van der Waals surface area (Å²) >= 11 is 0. The van der Waals surface area contributed by atoms with Crippen molar-refractivity contribution in [2.75, 3.05) is 11.9 Å². The lowest BCUT2D eigenvalue weighted by Gasteiger charge is -2.06. The van der Waals surface area contributed by atoms with Crippen LogP contribution in [-0.2, 0) is 9.53 Å². The number of anilines is 1. The fourth-order valence-corrected chi connectivity index (χ4v) is 1.79. The van der Waals surface area contributed by atoms with E-state index in [1.165, 1.54) is 43.6 Å². The van der Waals surface area contributed by atoms with Crippen molar-refractivity contribution in [2.45, 2.75) is 6.92 Å². The smallest absolute Gasteiger partial charge is 0.339 e. The normalized spacial score (nSPS) is 9.96. The Morgan fingerprint density at radius 1 is 1.04 bits per heavy atom. The van der Waals surface area contributed by atoms with Crippen LogP contribution in [0.2, 0.25) is 0 Å². The molecule has 1 amide bonds. The zero-order valence-corrected chi connectivity index (χ0v) is 12.3. The molecule has 0 saturated carbocycles. The molecule has 0 aliphatic carbocycles. The molecule has 23 heavy (non-hydrogen) atoms. The van der Waals surface area contributed by atoms with Crippen LogP contribution in [0.25, 0.3) is 0 Å². The molecule has 1 heterocycles. The van der Waals surface area contributed by atoms with Gasteiger partial charge in [-0.3, -0.25) is 9.59 Å². The van der Waals surface area contributed by atoms with Crippen LogP contribution < -0.4 is 10.0 Å². The SMILES string of the molecule is CC(=O)Nc1ccc(C(=O)COC(=O)c2cc[n+]([O-])cc2)cc1. The molecule has 118 valence electrons. The number of aromatic nitrogens is 1. The molecule has 0 unspecified atom stereocenters. The van der Waals surface area contributed by atoms with E-state index in [2.05, 4.69) is 5.32 Å². The number of ether oxygens (including phenoxy) is 1. The van der Waals surface area contributed by atoms with Gasteiger partial charge in [0, 0.05) is 30.3 Å². The topological polar surface area (TPSA) is 99.4 Å². The maximum absolute atomic E-state index is 11.9. The Kier molecular flexibility index (Phi) is 5.03. The lowest BCUT2D eigenvalue weighted by Crippen LogP contribution is -2.24. The predicted octanol–water partition coefficient (Wildman–Crippen LogP) is 1.32. The molecule has 2 aromatic rings. The van der Waals surface area contributed by atoms with Gasteiger partial charge in [-0.25, -0.2) is 4.79 Å². The number of hydrogen-bond donors (Lipinski definition) is 1. The first-order valence-electron chi connectivity index (χ1n) is 6.72. The summed E-state index contributed by atoms with van der Waals surface area (Å²) in [5.74, 6) is -1.27. The molecule has 0 atom stereocenters. The maximum atomic E-state index is 11.9. The van der Waals surface area contributed by atoms with Gasteiger partial charge >= 0.3 is 5.97 Å². The Labute approximate surface area is 132 Å². The third kappa shape index (κ3) is 4.63. The zero-order chi connectivity index (χ0) is 16.8. The summed E-state index contributed by atoms with van der Waals surface area (Å²) in [6, 6.07) is 8.85. The van der Waals surface area contributed by atoms with Crippen molar-refractivity contribution < 1.29 is 23.9 Å². The minimum Gasteiger partial charge on any atom is -0.619 e. The van der Waals surface area contributed by atoms with Gasteiger partial charge in [-0.05, 0) is 24.3 Å².